The van der Waals surface area contributed by atoms with Gasteiger partial charge in [-0.2, -0.15) is 0 Å². The highest BCUT2D eigenvalue weighted by atomic mass is 16.1. The van der Waals surface area contributed by atoms with Crippen LogP contribution in [0.3, 0.4) is 0 Å². The van der Waals surface area contributed by atoms with Crippen molar-refractivity contribution in [3.8, 4) is 0 Å². The van der Waals surface area contributed by atoms with Gasteiger partial charge in [0.1, 0.15) is 0 Å². The highest BCUT2D eigenvalue weighted by Gasteiger charge is 2.29. The van der Waals surface area contributed by atoms with Crippen molar-refractivity contribution in [3.63, 3.8) is 0 Å². The van der Waals surface area contributed by atoms with Crippen molar-refractivity contribution in [2.45, 2.75) is 6.92 Å². The number of anilines is 2. The second kappa shape index (κ2) is 5.46. The molecule has 0 saturated heterocycles. The fourth-order valence-corrected chi connectivity index (χ4v) is 2.98. The quantitative estimate of drug-likeness (QED) is 0.592. The second-order valence-corrected chi connectivity index (χ2v) is 5.96. The second-order valence-electron chi connectivity index (χ2n) is 5.96. The fraction of sp³-hybridized carbons (Fsp3) is 0.0476. The number of hydrogen-bond donors (Lipinski definition) is 1. The maximum atomic E-state index is 12.7. The van der Waals surface area contributed by atoms with E-state index >= 15 is 0 Å². The maximum Gasteiger partial charge on any atom is 0.194 e. The molecule has 0 unspecified atom stereocenters. The van der Waals surface area contributed by atoms with E-state index < -0.39 is 0 Å². The van der Waals surface area contributed by atoms with E-state index in [-0.39, 0.29) is 11.6 Å². The van der Waals surface area contributed by atoms with Crippen molar-refractivity contribution in [3.05, 3.63) is 94.5 Å². The summed E-state index contributed by atoms with van der Waals surface area (Å²) in [5.41, 5.74) is 4.79. The summed E-state index contributed by atoms with van der Waals surface area (Å²) in [6.07, 6.45) is 0. The summed E-state index contributed by atoms with van der Waals surface area (Å²) < 4.78 is 0. The van der Waals surface area contributed by atoms with E-state index in [1.165, 1.54) is 5.56 Å². The molecule has 0 atom stereocenters. The Labute approximate surface area is 140 Å². The highest BCUT2D eigenvalue weighted by molar-refractivity contribution is 6.28. The van der Waals surface area contributed by atoms with Crippen LogP contribution in [0.2, 0.25) is 0 Å². The predicted molar refractivity (Wildman–Crippen MR) is 94.2 cm³/mol. The molecule has 3 aromatic rings. The fourth-order valence-electron chi connectivity index (χ4n) is 2.98. The summed E-state index contributed by atoms with van der Waals surface area (Å²) >= 11 is 0. The number of rotatable bonds is 2. The summed E-state index contributed by atoms with van der Waals surface area (Å²) in [4.78, 5) is 25.3. The van der Waals surface area contributed by atoms with Gasteiger partial charge in [0.15, 0.2) is 11.6 Å². The van der Waals surface area contributed by atoms with Crippen molar-refractivity contribution in [2.24, 2.45) is 0 Å². The number of benzene rings is 3. The zero-order chi connectivity index (χ0) is 16.7. The standard InChI is InChI=1S/C21H15NO2/c1-13-6-8-14(9-7-13)22-15-10-11-18-19(12-15)21(24)17-5-3-2-4-16(17)20(18)23/h2-12,22H,1H3. The van der Waals surface area contributed by atoms with Crippen LogP contribution in [0.1, 0.15) is 37.4 Å². The lowest BCUT2D eigenvalue weighted by Gasteiger charge is -2.18. The first-order chi connectivity index (χ1) is 11.6. The molecule has 116 valence electrons. The molecule has 1 N–H and O–H groups in total. The molecular weight excluding hydrogens is 298 g/mol. The van der Waals surface area contributed by atoms with Gasteiger partial charge in [-0.15, -0.1) is 0 Å². The molecule has 1 aliphatic rings. The third kappa shape index (κ3) is 2.31. The lowest BCUT2D eigenvalue weighted by molar-refractivity contribution is 0.0979. The smallest absolute Gasteiger partial charge is 0.194 e. The zero-order valence-electron chi connectivity index (χ0n) is 13.2. The summed E-state index contributed by atoms with van der Waals surface area (Å²) in [5, 5.41) is 3.28. The first-order valence-corrected chi connectivity index (χ1v) is 7.79. The SMILES string of the molecule is Cc1ccc(Nc2ccc3c(c2)C(=O)c2ccccc2C3=O)cc1. The van der Waals surface area contributed by atoms with Crippen LogP contribution >= 0.6 is 0 Å². The molecule has 0 saturated carbocycles. The molecule has 0 radical (unpaired) electrons. The van der Waals surface area contributed by atoms with Gasteiger partial charge in [-0.1, -0.05) is 42.0 Å². The third-order valence-electron chi connectivity index (χ3n) is 4.27. The number of carbonyl (C=O) groups excluding carboxylic acids is 2. The number of hydrogen-bond acceptors (Lipinski definition) is 3. The van der Waals surface area contributed by atoms with E-state index in [1.807, 2.05) is 37.3 Å². The molecule has 3 heteroatoms. The van der Waals surface area contributed by atoms with Gasteiger partial charge in [0.2, 0.25) is 0 Å². The predicted octanol–water partition coefficient (Wildman–Crippen LogP) is 4.51. The Morgan fingerprint density at radius 1 is 0.625 bits per heavy atom. The summed E-state index contributed by atoms with van der Waals surface area (Å²) in [7, 11) is 0. The monoisotopic (exact) mass is 313 g/mol. The van der Waals surface area contributed by atoms with Crippen LogP contribution in [0.15, 0.2) is 66.7 Å². The molecule has 4 rings (SSSR count). The summed E-state index contributed by atoms with van der Waals surface area (Å²) in [6.45, 7) is 2.03. The molecule has 3 nitrogen and oxygen atoms in total. The first-order valence-electron chi connectivity index (χ1n) is 7.79. The van der Waals surface area contributed by atoms with E-state index in [4.69, 9.17) is 0 Å². The number of ketones is 2. The average molecular weight is 313 g/mol. The number of aryl methyl sites for hydroxylation is 1. The number of fused-ring (bicyclic) bond motifs is 2. The van der Waals surface area contributed by atoms with Crippen molar-refractivity contribution in [1.82, 2.24) is 0 Å². The molecule has 0 aromatic heterocycles. The van der Waals surface area contributed by atoms with E-state index in [2.05, 4.69) is 5.32 Å². The molecule has 0 amide bonds. The zero-order valence-corrected chi connectivity index (χ0v) is 13.2. The van der Waals surface area contributed by atoms with E-state index in [1.54, 1.807) is 36.4 Å². The Hall–Kier alpha value is -3.20. The van der Waals surface area contributed by atoms with Gasteiger partial charge < -0.3 is 5.32 Å². The maximum absolute atomic E-state index is 12.7. The van der Waals surface area contributed by atoms with Crippen molar-refractivity contribution in [2.75, 3.05) is 5.32 Å². The highest BCUT2D eigenvalue weighted by Crippen LogP contribution is 2.30. The Kier molecular flexibility index (Phi) is 3.28. The molecule has 0 heterocycles. The minimum absolute atomic E-state index is 0.0953. The van der Waals surface area contributed by atoms with Crippen molar-refractivity contribution >= 4 is 22.9 Å². The summed E-state index contributed by atoms with van der Waals surface area (Å²) in [6, 6.07) is 20.3. The van der Waals surface area contributed by atoms with Crippen LogP contribution in [0.5, 0.6) is 0 Å². The van der Waals surface area contributed by atoms with Crippen molar-refractivity contribution in [1.29, 1.82) is 0 Å². The van der Waals surface area contributed by atoms with Crippen LogP contribution < -0.4 is 5.32 Å². The Morgan fingerprint density at radius 2 is 1.17 bits per heavy atom. The van der Waals surface area contributed by atoms with Crippen LogP contribution in [-0.2, 0) is 0 Å². The molecule has 0 fully saturated rings. The van der Waals surface area contributed by atoms with Crippen molar-refractivity contribution < 1.29 is 9.59 Å². The van der Waals surface area contributed by atoms with Gasteiger partial charge in [0.05, 0.1) is 0 Å². The summed E-state index contributed by atoms with van der Waals surface area (Å²) in [5.74, 6) is -0.199. The van der Waals surface area contributed by atoms with Crippen LogP contribution in [0.4, 0.5) is 11.4 Å². The van der Waals surface area contributed by atoms with Gasteiger partial charge in [0, 0.05) is 33.6 Å². The average Bonchev–Trinajstić information content (AvgIpc) is 2.62. The van der Waals surface area contributed by atoms with Crippen LogP contribution in [0, 0.1) is 6.92 Å². The molecule has 0 bridgehead atoms. The van der Waals surface area contributed by atoms with Gasteiger partial charge in [-0.3, -0.25) is 9.59 Å². The van der Waals surface area contributed by atoms with E-state index in [0.29, 0.717) is 22.3 Å². The molecule has 24 heavy (non-hydrogen) atoms. The van der Waals surface area contributed by atoms with Crippen LogP contribution in [0.25, 0.3) is 0 Å². The molecule has 0 aliphatic heterocycles. The Balaban J connectivity index is 1.74. The van der Waals surface area contributed by atoms with Gasteiger partial charge in [-0.05, 0) is 37.3 Å². The number of nitrogens with one attached hydrogen (secondary N) is 1. The van der Waals surface area contributed by atoms with E-state index in [9.17, 15) is 9.59 Å². The van der Waals surface area contributed by atoms with Gasteiger partial charge >= 0.3 is 0 Å². The van der Waals surface area contributed by atoms with Gasteiger partial charge in [-0.25, -0.2) is 0 Å². The lowest BCUT2D eigenvalue weighted by Crippen LogP contribution is -2.20. The lowest BCUT2D eigenvalue weighted by atomic mass is 9.84. The van der Waals surface area contributed by atoms with Gasteiger partial charge in [0.25, 0.3) is 0 Å². The minimum atomic E-state index is -0.104. The van der Waals surface area contributed by atoms with E-state index in [0.717, 1.165) is 11.4 Å². The normalized spacial score (nSPS) is 12.5. The van der Waals surface area contributed by atoms with Crippen LogP contribution in [-0.4, -0.2) is 11.6 Å². The minimum Gasteiger partial charge on any atom is -0.356 e. The molecular formula is C21H15NO2. The largest absolute Gasteiger partial charge is 0.356 e. The topological polar surface area (TPSA) is 46.2 Å². The number of carbonyl (C=O) groups is 2. The Bertz CT molecular complexity index is 971. The molecule has 3 aromatic carbocycles. The molecule has 0 spiro atoms. The first kappa shape index (κ1) is 14.4. The third-order valence-corrected chi connectivity index (χ3v) is 4.27. The molecule has 1 aliphatic carbocycles. The Morgan fingerprint density at radius 3 is 1.83 bits per heavy atom.